The molecule has 30 heavy (non-hydrogen) atoms. The van der Waals surface area contributed by atoms with Gasteiger partial charge in [0.05, 0.1) is 12.3 Å². The lowest BCUT2D eigenvalue weighted by molar-refractivity contribution is -0.144. The highest BCUT2D eigenvalue weighted by Gasteiger charge is 2.48. The summed E-state index contributed by atoms with van der Waals surface area (Å²) in [7, 11) is 1.64. The smallest absolute Gasteiger partial charge is 0.359 e. The summed E-state index contributed by atoms with van der Waals surface area (Å²) in [6, 6.07) is 8.91. The van der Waals surface area contributed by atoms with Crippen molar-refractivity contribution in [2.45, 2.75) is 25.9 Å². The molecule has 0 bridgehead atoms. The maximum absolute atomic E-state index is 12.3. The lowest BCUT2D eigenvalue weighted by Crippen LogP contribution is -2.35. The molecular formula is C21H22N4O5. The summed E-state index contributed by atoms with van der Waals surface area (Å²) in [5, 5.41) is 19.1. The Labute approximate surface area is 172 Å². The van der Waals surface area contributed by atoms with Crippen molar-refractivity contribution in [3.05, 3.63) is 53.5 Å². The van der Waals surface area contributed by atoms with Crippen LogP contribution >= 0.6 is 0 Å². The van der Waals surface area contributed by atoms with Gasteiger partial charge in [0, 0.05) is 43.4 Å². The van der Waals surface area contributed by atoms with Crippen molar-refractivity contribution in [3.63, 3.8) is 0 Å². The quantitative estimate of drug-likeness (QED) is 0.641. The van der Waals surface area contributed by atoms with Crippen molar-refractivity contribution in [2.24, 2.45) is 0 Å². The molecule has 4 rings (SSSR count). The molecule has 0 spiro atoms. The number of rotatable bonds is 5. The maximum Gasteiger partial charge on any atom is 0.359 e. The van der Waals surface area contributed by atoms with E-state index in [1.54, 1.807) is 37.8 Å². The number of nitrogens with zero attached hydrogens (tertiary/aromatic N) is 4. The largest absolute Gasteiger partial charge is 0.461 e. The molecule has 0 radical (unpaired) electrons. The first-order chi connectivity index (χ1) is 14.3. The van der Waals surface area contributed by atoms with Crippen LogP contribution in [0.2, 0.25) is 0 Å². The lowest BCUT2D eigenvalue weighted by atomic mass is 9.98. The summed E-state index contributed by atoms with van der Waals surface area (Å²) in [5.41, 5.74) is 1.19. The number of aryl methyl sites for hydroxylation is 1. The van der Waals surface area contributed by atoms with E-state index in [0.29, 0.717) is 23.5 Å². The average Bonchev–Trinajstić information content (AvgIpc) is 3.44. The Balaban J connectivity index is 1.64. The van der Waals surface area contributed by atoms with E-state index in [0.717, 1.165) is 5.56 Å². The van der Waals surface area contributed by atoms with Gasteiger partial charge in [-0.25, -0.2) is 9.48 Å². The van der Waals surface area contributed by atoms with Crippen molar-refractivity contribution in [2.75, 3.05) is 20.2 Å². The van der Waals surface area contributed by atoms with Gasteiger partial charge in [-0.1, -0.05) is 17.3 Å². The van der Waals surface area contributed by atoms with Crippen LogP contribution in [0, 0.1) is 6.92 Å². The first kappa shape index (κ1) is 19.8. The molecule has 1 aromatic carbocycles. The van der Waals surface area contributed by atoms with Crippen molar-refractivity contribution in [1.29, 1.82) is 0 Å². The number of amides is 1. The van der Waals surface area contributed by atoms with Crippen molar-refractivity contribution in [3.8, 4) is 16.9 Å². The molecule has 1 aliphatic rings. The van der Waals surface area contributed by atoms with Gasteiger partial charge in [0.1, 0.15) is 5.69 Å². The van der Waals surface area contributed by atoms with Crippen LogP contribution in [0.15, 0.2) is 41.1 Å². The Morgan fingerprint density at radius 1 is 1.37 bits per heavy atom. The second-order valence-electron chi connectivity index (χ2n) is 7.29. The maximum atomic E-state index is 12.3. The average molecular weight is 410 g/mol. The second-order valence-corrected chi connectivity index (χ2v) is 7.29. The number of carbonyl (C=O) groups is 2. The number of aliphatic hydroxyl groups is 1. The van der Waals surface area contributed by atoms with E-state index in [4.69, 9.17) is 9.26 Å². The van der Waals surface area contributed by atoms with Crippen molar-refractivity contribution >= 4 is 11.9 Å². The zero-order chi connectivity index (χ0) is 21.5. The van der Waals surface area contributed by atoms with E-state index >= 15 is 0 Å². The van der Waals surface area contributed by atoms with E-state index in [-0.39, 0.29) is 24.5 Å². The summed E-state index contributed by atoms with van der Waals surface area (Å²) < 4.78 is 11.9. The summed E-state index contributed by atoms with van der Waals surface area (Å²) in [6.45, 7) is 4.26. The highest BCUT2D eigenvalue weighted by molar-refractivity contribution is 5.89. The minimum Gasteiger partial charge on any atom is -0.461 e. The fraction of sp³-hybridized carbons (Fsp3) is 0.333. The van der Waals surface area contributed by atoms with Crippen LogP contribution < -0.4 is 0 Å². The van der Waals surface area contributed by atoms with Gasteiger partial charge >= 0.3 is 5.97 Å². The molecule has 156 valence electrons. The van der Waals surface area contributed by atoms with Gasteiger partial charge in [0.2, 0.25) is 5.60 Å². The Morgan fingerprint density at radius 2 is 2.17 bits per heavy atom. The summed E-state index contributed by atoms with van der Waals surface area (Å²) in [5.74, 6) is -0.750. The molecule has 1 N–H and O–H groups in total. The van der Waals surface area contributed by atoms with Crippen LogP contribution in [0.1, 0.15) is 35.2 Å². The van der Waals surface area contributed by atoms with Crippen LogP contribution in [0.4, 0.5) is 0 Å². The third kappa shape index (κ3) is 3.26. The van der Waals surface area contributed by atoms with Crippen molar-refractivity contribution < 1.29 is 24.0 Å². The van der Waals surface area contributed by atoms with Crippen molar-refractivity contribution in [1.82, 2.24) is 19.8 Å². The van der Waals surface area contributed by atoms with Crippen LogP contribution in [0.5, 0.6) is 0 Å². The molecule has 1 aliphatic heterocycles. The zero-order valence-electron chi connectivity index (χ0n) is 17.0. The minimum atomic E-state index is -1.69. The predicted molar refractivity (Wildman–Crippen MR) is 106 cm³/mol. The summed E-state index contributed by atoms with van der Waals surface area (Å²) >= 11 is 0. The van der Waals surface area contributed by atoms with E-state index < -0.39 is 17.5 Å². The minimum absolute atomic E-state index is 0.122. The Hall–Kier alpha value is -3.46. The number of likely N-dealkylation sites (N-methyl/N-ethyl adjacent to an activating group) is 1. The SMILES string of the molecule is CCOC(=O)c1nn(-c2cccc(-c3cc([C@]4(O)CCN(C)C4=O)on3)c2)cc1C. The Morgan fingerprint density at radius 3 is 2.87 bits per heavy atom. The molecule has 3 heterocycles. The topological polar surface area (TPSA) is 111 Å². The number of benzene rings is 1. The number of likely N-dealkylation sites (tertiary alicyclic amines) is 1. The molecule has 9 heteroatoms. The zero-order valence-corrected chi connectivity index (χ0v) is 17.0. The molecule has 0 saturated carbocycles. The first-order valence-electron chi connectivity index (χ1n) is 9.63. The van der Waals surface area contributed by atoms with Gasteiger partial charge < -0.3 is 19.3 Å². The van der Waals surface area contributed by atoms with Gasteiger partial charge in [-0.3, -0.25) is 4.79 Å². The third-order valence-corrected chi connectivity index (χ3v) is 5.20. The number of hydrogen-bond donors (Lipinski definition) is 1. The molecule has 2 aromatic heterocycles. The van der Waals surface area contributed by atoms with Crippen LogP contribution in [-0.4, -0.2) is 57.0 Å². The number of aromatic nitrogens is 3. The van der Waals surface area contributed by atoms with Gasteiger partial charge in [-0.15, -0.1) is 0 Å². The first-order valence-corrected chi connectivity index (χ1v) is 9.63. The predicted octanol–water partition coefficient (Wildman–Crippen LogP) is 2.06. The number of esters is 1. The number of ether oxygens (including phenoxy) is 1. The van der Waals surface area contributed by atoms with Gasteiger partial charge in [-0.2, -0.15) is 5.10 Å². The molecule has 0 unspecified atom stereocenters. The highest BCUT2D eigenvalue weighted by atomic mass is 16.5. The van der Waals surface area contributed by atoms with Crippen LogP contribution in [0.25, 0.3) is 16.9 Å². The van der Waals surface area contributed by atoms with E-state index in [1.807, 2.05) is 24.3 Å². The monoisotopic (exact) mass is 410 g/mol. The van der Waals surface area contributed by atoms with Gasteiger partial charge in [-0.05, 0) is 26.0 Å². The molecule has 1 fully saturated rings. The number of carbonyl (C=O) groups excluding carboxylic acids is 2. The Bertz CT molecular complexity index is 1120. The van der Waals surface area contributed by atoms with E-state index in [2.05, 4.69) is 10.3 Å². The molecular weight excluding hydrogens is 388 g/mol. The molecule has 1 atom stereocenters. The lowest BCUT2D eigenvalue weighted by Gasteiger charge is -2.16. The third-order valence-electron chi connectivity index (χ3n) is 5.20. The van der Waals surface area contributed by atoms with Crippen LogP contribution in [-0.2, 0) is 15.1 Å². The van der Waals surface area contributed by atoms with Crippen LogP contribution in [0.3, 0.4) is 0 Å². The van der Waals surface area contributed by atoms with E-state index in [9.17, 15) is 14.7 Å². The normalized spacial score (nSPS) is 18.8. The summed E-state index contributed by atoms with van der Waals surface area (Å²) in [6.07, 6.45) is 2.00. The fourth-order valence-electron chi connectivity index (χ4n) is 3.49. The fourth-order valence-corrected chi connectivity index (χ4v) is 3.49. The van der Waals surface area contributed by atoms with Gasteiger partial charge in [0.25, 0.3) is 5.91 Å². The van der Waals surface area contributed by atoms with Gasteiger partial charge in [0.15, 0.2) is 11.5 Å². The molecule has 3 aromatic rings. The molecule has 0 aliphatic carbocycles. The molecule has 1 saturated heterocycles. The highest BCUT2D eigenvalue weighted by Crippen LogP contribution is 2.34. The molecule has 9 nitrogen and oxygen atoms in total. The Kier molecular flexibility index (Phi) is 4.90. The van der Waals surface area contributed by atoms with E-state index in [1.165, 1.54) is 4.90 Å². The standard InChI is InChI=1S/C21H22N4O5/c1-4-29-19(26)18-13(2)12-25(22-18)15-7-5-6-14(10-15)16-11-17(30-23-16)21(28)8-9-24(3)20(21)27/h5-7,10-12,28H,4,8-9H2,1-3H3/t21-/m1/s1. The summed E-state index contributed by atoms with van der Waals surface area (Å²) in [4.78, 5) is 25.8. The number of hydrogen-bond acceptors (Lipinski definition) is 7. The molecule has 1 amide bonds. The second kappa shape index (κ2) is 7.42.